The minimum atomic E-state index is -4.24. The van der Waals surface area contributed by atoms with Crippen molar-refractivity contribution in [2.75, 3.05) is 11.5 Å². The first kappa shape index (κ1) is 25.0. The van der Waals surface area contributed by atoms with Crippen LogP contribution in [0.1, 0.15) is 36.6 Å². The lowest BCUT2D eigenvalue weighted by atomic mass is 9.86. The number of rotatable bonds is 7. The van der Waals surface area contributed by atoms with Gasteiger partial charge in [0.2, 0.25) is 5.91 Å². The second-order valence-electron chi connectivity index (χ2n) is 9.06. The van der Waals surface area contributed by atoms with Crippen LogP contribution in [0.5, 0.6) is 0 Å². The quantitative estimate of drug-likeness (QED) is 0.485. The molecule has 0 spiro atoms. The van der Waals surface area contributed by atoms with Gasteiger partial charge < -0.3 is 5.11 Å². The summed E-state index contributed by atoms with van der Waals surface area (Å²) in [7, 11) is -4.24. The largest absolute Gasteiger partial charge is 0.388 e. The number of aliphatic hydroxyl groups is 1. The van der Waals surface area contributed by atoms with E-state index in [4.69, 9.17) is 4.18 Å². The van der Waals surface area contributed by atoms with Crippen LogP contribution in [-0.2, 0) is 24.5 Å². The van der Waals surface area contributed by atoms with Crippen LogP contribution in [0.4, 0.5) is 14.5 Å². The summed E-state index contributed by atoms with van der Waals surface area (Å²) < 4.78 is 59.6. The van der Waals surface area contributed by atoms with E-state index in [0.717, 1.165) is 16.5 Å². The van der Waals surface area contributed by atoms with E-state index in [1.165, 1.54) is 42.5 Å². The molecule has 0 aromatic heterocycles. The van der Waals surface area contributed by atoms with Crippen LogP contribution in [0.2, 0.25) is 0 Å². The van der Waals surface area contributed by atoms with Crippen molar-refractivity contribution in [1.29, 1.82) is 0 Å². The number of hydrogen-bond donors (Lipinski definition) is 1. The van der Waals surface area contributed by atoms with E-state index >= 15 is 4.39 Å². The zero-order valence-corrected chi connectivity index (χ0v) is 20.2. The molecule has 3 aromatic carbocycles. The molecule has 1 N–H and O–H groups in total. The number of carbonyl (C=O) groups excluding carboxylic acids is 1. The molecule has 3 aromatic rings. The maximum absolute atomic E-state index is 15.0. The summed E-state index contributed by atoms with van der Waals surface area (Å²) in [5.41, 5.74) is 0.249. The summed E-state index contributed by atoms with van der Waals surface area (Å²) in [4.78, 5) is 14.5. The van der Waals surface area contributed by atoms with Crippen LogP contribution in [0.25, 0.3) is 0 Å². The minimum Gasteiger partial charge on any atom is -0.388 e. The van der Waals surface area contributed by atoms with E-state index < -0.39 is 51.8 Å². The maximum Gasteiger partial charge on any atom is 0.297 e. The predicted octanol–water partition coefficient (Wildman–Crippen LogP) is 4.41. The number of para-hydroxylation sites is 1. The Morgan fingerprint density at radius 2 is 1.69 bits per heavy atom. The van der Waals surface area contributed by atoms with Crippen molar-refractivity contribution < 1.29 is 31.3 Å². The highest BCUT2D eigenvalue weighted by Crippen LogP contribution is 2.47. The molecule has 2 atom stereocenters. The van der Waals surface area contributed by atoms with Gasteiger partial charge in [-0.1, -0.05) is 42.0 Å². The SMILES string of the molecule is Cc1ccc(S(=O)(=O)OC[C@@H](O)C(c2cccc(F)c2)N2C(=O)C(C)(C)c3cccc(F)c32)cc1. The molecule has 0 saturated heterocycles. The zero-order chi connectivity index (χ0) is 25.5. The highest BCUT2D eigenvalue weighted by molar-refractivity contribution is 7.86. The molecule has 0 fully saturated rings. The molecule has 35 heavy (non-hydrogen) atoms. The Balaban J connectivity index is 1.74. The molecule has 1 aliphatic heterocycles. The Morgan fingerprint density at radius 3 is 2.34 bits per heavy atom. The Kier molecular flexibility index (Phi) is 6.52. The van der Waals surface area contributed by atoms with Crippen LogP contribution in [-0.4, -0.2) is 32.1 Å². The molecule has 0 bridgehead atoms. The molecule has 0 aliphatic carbocycles. The normalized spacial score (nSPS) is 16.7. The molecular weight excluding hydrogens is 476 g/mol. The van der Waals surface area contributed by atoms with Gasteiger partial charge in [-0.15, -0.1) is 0 Å². The average Bonchev–Trinajstić information content (AvgIpc) is 3.00. The molecule has 6 nitrogen and oxygen atoms in total. The summed E-state index contributed by atoms with van der Waals surface area (Å²) in [6, 6.07) is 14.1. The number of anilines is 1. The van der Waals surface area contributed by atoms with Gasteiger partial charge in [0.05, 0.1) is 28.6 Å². The topological polar surface area (TPSA) is 83.9 Å². The number of aliphatic hydroxyl groups excluding tert-OH is 1. The fourth-order valence-electron chi connectivity index (χ4n) is 4.31. The van der Waals surface area contributed by atoms with E-state index in [0.29, 0.717) is 5.56 Å². The van der Waals surface area contributed by atoms with Crippen LogP contribution < -0.4 is 4.90 Å². The fraction of sp³-hybridized carbons (Fsp3) is 0.269. The number of nitrogens with zero attached hydrogens (tertiary/aromatic N) is 1. The first-order chi connectivity index (χ1) is 16.4. The van der Waals surface area contributed by atoms with E-state index in [9.17, 15) is 22.7 Å². The Labute approximate surface area is 202 Å². The fourth-order valence-corrected chi connectivity index (χ4v) is 5.23. The van der Waals surface area contributed by atoms with E-state index in [-0.39, 0.29) is 16.1 Å². The number of fused-ring (bicyclic) bond motifs is 1. The molecule has 1 unspecified atom stereocenters. The lowest BCUT2D eigenvalue weighted by molar-refractivity contribution is -0.123. The van der Waals surface area contributed by atoms with Gasteiger partial charge in [0, 0.05) is 0 Å². The molecular formula is C26H25F2NO5S. The van der Waals surface area contributed by atoms with Crippen molar-refractivity contribution in [3.8, 4) is 0 Å². The smallest absolute Gasteiger partial charge is 0.297 e. The Morgan fingerprint density at radius 1 is 1.03 bits per heavy atom. The van der Waals surface area contributed by atoms with Gasteiger partial charge in [0.1, 0.15) is 17.7 Å². The number of halogens is 2. The second-order valence-corrected chi connectivity index (χ2v) is 10.7. The number of amides is 1. The lowest BCUT2D eigenvalue weighted by Gasteiger charge is -2.33. The molecule has 0 radical (unpaired) electrons. The first-order valence-electron chi connectivity index (χ1n) is 11.0. The Bertz CT molecular complexity index is 1370. The van der Waals surface area contributed by atoms with Crippen molar-refractivity contribution in [2.24, 2.45) is 0 Å². The molecule has 9 heteroatoms. The molecule has 1 aliphatic rings. The summed E-state index contributed by atoms with van der Waals surface area (Å²) in [6.07, 6.45) is -1.64. The Hall–Kier alpha value is -3.14. The molecule has 4 rings (SSSR count). The highest BCUT2D eigenvalue weighted by atomic mass is 32.2. The molecule has 0 saturated carbocycles. The third-order valence-corrected chi connectivity index (χ3v) is 7.49. The van der Waals surface area contributed by atoms with Crippen molar-refractivity contribution in [3.63, 3.8) is 0 Å². The summed E-state index contributed by atoms with van der Waals surface area (Å²) in [5, 5.41) is 11.1. The molecule has 1 heterocycles. The highest BCUT2D eigenvalue weighted by Gasteiger charge is 2.49. The summed E-state index contributed by atoms with van der Waals surface area (Å²) in [6.45, 7) is 4.31. The number of benzene rings is 3. The third-order valence-electron chi connectivity index (χ3n) is 6.19. The number of aryl methyl sites for hydroxylation is 1. The van der Waals surface area contributed by atoms with Gasteiger partial charge in [0.25, 0.3) is 10.1 Å². The predicted molar refractivity (Wildman–Crippen MR) is 126 cm³/mol. The van der Waals surface area contributed by atoms with Crippen molar-refractivity contribution in [3.05, 3.63) is 95.1 Å². The molecule has 1 amide bonds. The van der Waals surface area contributed by atoms with Crippen molar-refractivity contribution >= 4 is 21.7 Å². The zero-order valence-electron chi connectivity index (χ0n) is 19.4. The number of hydrogen-bond acceptors (Lipinski definition) is 5. The van der Waals surface area contributed by atoms with Crippen LogP contribution in [0.3, 0.4) is 0 Å². The van der Waals surface area contributed by atoms with Gasteiger partial charge >= 0.3 is 0 Å². The van der Waals surface area contributed by atoms with Crippen LogP contribution in [0, 0.1) is 18.6 Å². The number of carbonyl (C=O) groups is 1. The van der Waals surface area contributed by atoms with Crippen molar-refractivity contribution in [1.82, 2.24) is 0 Å². The van der Waals surface area contributed by atoms with Crippen molar-refractivity contribution in [2.45, 2.75) is 43.2 Å². The average molecular weight is 502 g/mol. The minimum absolute atomic E-state index is 0.0443. The van der Waals surface area contributed by atoms with Gasteiger partial charge in [-0.05, 0) is 62.2 Å². The van der Waals surface area contributed by atoms with Crippen LogP contribution in [0.15, 0.2) is 71.6 Å². The maximum atomic E-state index is 15.0. The van der Waals surface area contributed by atoms with E-state index in [1.54, 1.807) is 39.0 Å². The van der Waals surface area contributed by atoms with Crippen LogP contribution >= 0.6 is 0 Å². The monoisotopic (exact) mass is 501 g/mol. The summed E-state index contributed by atoms with van der Waals surface area (Å²) >= 11 is 0. The third kappa shape index (κ3) is 4.59. The van der Waals surface area contributed by atoms with E-state index in [1.807, 2.05) is 0 Å². The standard InChI is InChI=1S/C26H25F2NO5S/c1-16-10-12-19(13-11-16)35(32,33)34-15-22(30)23(17-6-4-7-18(27)14-17)29-24-20(8-5-9-21(24)28)26(2,3)25(29)31/h4-14,22-23,30H,15H2,1-3H3/t22-,23?/m1/s1. The lowest BCUT2D eigenvalue weighted by Crippen LogP contribution is -2.45. The second kappa shape index (κ2) is 9.14. The summed E-state index contributed by atoms with van der Waals surface area (Å²) in [5.74, 6) is -1.84. The van der Waals surface area contributed by atoms with Gasteiger partial charge in [-0.2, -0.15) is 8.42 Å². The first-order valence-corrected chi connectivity index (χ1v) is 12.4. The molecule has 184 valence electrons. The van der Waals surface area contributed by atoms with Gasteiger partial charge in [0.15, 0.2) is 0 Å². The van der Waals surface area contributed by atoms with Gasteiger partial charge in [-0.25, -0.2) is 8.78 Å². The van der Waals surface area contributed by atoms with Gasteiger partial charge in [-0.3, -0.25) is 13.9 Å². The van der Waals surface area contributed by atoms with E-state index in [2.05, 4.69) is 0 Å².